The smallest absolute Gasteiger partial charge is 0.292 e. The molecule has 1 fully saturated rings. The number of ether oxygens (including phenoxy) is 1. The normalized spacial score (nSPS) is 15.1. The Morgan fingerprint density at radius 1 is 1.19 bits per heavy atom. The summed E-state index contributed by atoms with van der Waals surface area (Å²) in [5.41, 5.74) is 1.28. The molecule has 4 rings (SSSR count). The Kier molecular flexibility index (Phi) is 5.98. The summed E-state index contributed by atoms with van der Waals surface area (Å²) in [7, 11) is -2.29. The van der Waals surface area contributed by atoms with E-state index in [0.29, 0.717) is 53.2 Å². The molecule has 0 spiro atoms. The third kappa shape index (κ3) is 4.42. The van der Waals surface area contributed by atoms with Crippen molar-refractivity contribution in [3.05, 3.63) is 62.0 Å². The molecule has 0 atom stereocenters. The number of benzene rings is 1. The summed E-state index contributed by atoms with van der Waals surface area (Å²) in [5, 5.41) is 1.64. The van der Waals surface area contributed by atoms with Crippen LogP contribution in [0.25, 0.3) is 11.7 Å². The number of nitrogens with one attached hydrogen (secondary N) is 1. The number of sulfonamides is 1. The lowest BCUT2D eigenvalue weighted by Crippen LogP contribution is -2.39. The highest BCUT2D eigenvalue weighted by Crippen LogP contribution is 2.26. The molecule has 1 saturated heterocycles. The number of morpholine rings is 1. The fourth-order valence-corrected chi connectivity index (χ4v) is 4.64. The minimum absolute atomic E-state index is 0.196. The van der Waals surface area contributed by atoms with Gasteiger partial charge in [0.15, 0.2) is 5.65 Å². The average Bonchev–Trinajstić information content (AvgIpc) is 2.98. The molecule has 31 heavy (non-hydrogen) atoms. The molecule has 9 nitrogen and oxygen atoms in total. The van der Waals surface area contributed by atoms with Gasteiger partial charge in [0, 0.05) is 35.7 Å². The highest BCUT2D eigenvalue weighted by molar-refractivity contribution is 7.95. The molecule has 0 radical (unpaired) electrons. The van der Waals surface area contributed by atoms with Gasteiger partial charge in [0.05, 0.1) is 36.7 Å². The Morgan fingerprint density at radius 3 is 2.55 bits per heavy atom. The van der Waals surface area contributed by atoms with Crippen LogP contribution in [0, 0.1) is 0 Å². The monoisotopic (exact) mass is 483 g/mol. The number of fused-ring (bicyclic) bond motifs is 1. The largest absolute Gasteiger partial charge is 0.378 e. The van der Waals surface area contributed by atoms with E-state index in [1.807, 2.05) is 4.90 Å². The Morgan fingerprint density at radius 2 is 1.87 bits per heavy atom. The predicted molar refractivity (Wildman–Crippen MR) is 122 cm³/mol. The second-order valence-corrected chi connectivity index (χ2v) is 9.25. The molecule has 1 N–H and O–H groups in total. The molecule has 12 heteroatoms. The summed E-state index contributed by atoms with van der Waals surface area (Å²) >= 11 is 12.1. The molecule has 1 aromatic carbocycles. The maximum atomic E-state index is 12.8. The van der Waals surface area contributed by atoms with Crippen LogP contribution < -0.4 is 15.2 Å². The van der Waals surface area contributed by atoms with Crippen molar-refractivity contribution in [1.82, 2.24) is 14.2 Å². The van der Waals surface area contributed by atoms with E-state index in [0.717, 1.165) is 5.41 Å². The molecule has 1 aliphatic heterocycles. The zero-order valence-corrected chi connectivity index (χ0v) is 18.8. The van der Waals surface area contributed by atoms with Crippen LogP contribution in [0.5, 0.6) is 0 Å². The molecule has 0 amide bonds. The van der Waals surface area contributed by atoms with Gasteiger partial charge in [-0.2, -0.15) is 0 Å². The van der Waals surface area contributed by atoms with Crippen LogP contribution in [0.15, 0.2) is 40.8 Å². The quantitative estimate of drug-likeness (QED) is 0.598. The average molecular weight is 484 g/mol. The summed E-state index contributed by atoms with van der Waals surface area (Å²) in [6, 6.07) is 4.90. The van der Waals surface area contributed by atoms with Crippen LogP contribution in [0.1, 0.15) is 5.56 Å². The van der Waals surface area contributed by atoms with Crippen LogP contribution in [0.4, 0.5) is 11.4 Å². The van der Waals surface area contributed by atoms with Crippen molar-refractivity contribution >= 4 is 56.3 Å². The molecule has 0 bridgehead atoms. The minimum Gasteiger partial charge on any atom is -0.378 e. The van der Waals surface area contributed by atoms with Crippen LogP contribution in [-0.2, 0) is 21.8 Å². The standard InChI is InChI=1S/C19H19Cl2N5O4S/c1-24-19(27)17(25-6-8-30-9-7-25)18-22-11-13(12-26(18)24)23-31(28,29)10-5-14-15(20)3-2-4-16(14)21/h2-5,10-12,23H,6-9H2,1H3/b10-5+. The summed E-state index contributed by atoms with van der Waals surface area (Å²) in [5.74, 6) is 0. The Bertz CT molecular complexity index is 1310. The number of aryl methyl sites for hydroxylation is 1. The molecule has 3 aromatic rings. The number of anilines is 2. The second-order valence-electron chi connectivity index (χ2n) is 6.87. The molecule has 0 saturated carbocycles. The number of aromatic nitrogens is 3. The molecule has 164 valence electrons. The van der Waals surface area contributed by atoms with Crippen molar-refractivity contribution in [3.8, 4) is 0 Å². The first-order chi connectivity index (χ1) is 14.8. The van der Waals surface area contributed by atoms with Crippen molar-refractivity contribution in [3.63, 3.8) is 0 Å². The SMILES string of the molecule is Cn1c(=O)c(N2CCOCC2)c2ncc(NS(=O)(=O)/C=C/c3c(Cl)cccc3Cl)cn21. The highest BCUT2D eigenvalue weighted by atomic mass is 35.5. The zero-order chi connectivity index (χ0) is 22.2. The Hall–Kier alpha value is -2.53. The zero-order valence-electron chi connectivity index (χ0n) is 16.5. The van der Waals surface area contributed by atoms with Gasteiger partial charge in [-0.25, -0.2) is 22.6 Å². The van der Waals surface area contributed by atoms with E-state index in [1.165, 1.54) is 27.7 Å². The minimum atomic E-state index is -3.89. The predicted octanol–water partition coefficient (Wildman–Crippen LogP) is 2.59. The Labute approximate surface area is 188 Å². The van der Waals surface area contributed by atoms with Gasteiger partial charge < -0.3 is 9.64 Å². The molecule has 3 heterocycles. The summed E-state index contributed by atoms with van der Waals surface area (Å²) < 4.78 is 35.7. The van der Waals surface area contributed by atoms with Gasteiger partial charge in [0.1, 0.15) is 5.69 Å². The summed E-state index contributed by atoms with van der Waals surface area (Å²) in [4.78, 5) is 19.0. The number of hydrogen-bond donors (Lipinski definition) is 1. The number of halogens is 2. The first kappa shape index (κ1) is 21.7. The van der Waals surface area contributed by atoms with Gasteiger partial charge in [0.2, 0.25) is 0 Å². The van der Waals surface area contributed by atoms with E-state index < -0.39 is 10.0 Å². The molecule has 2 aromatic heterocycles. The van der Waals surface area contributed by atoms with Crippen LogP contribution >= 0.6 is 23.2 Å². The van der Waals surface area contributed by atoms with Crippen molar-refractivity contribution < 1.29 is 13.2 Å². The van der Waals surface area contributed by atoms with E-state index in [4.69, 9.17) is 27.9 Å². The van der Waals surface area contributed by atoms with Gasteiger partial charge in [0.25, 0.3) is 15.6 Å². The lowest BCUT2D eigenvalue weighted by atomic mass is 10.2. The summed E-state index contributed by atoms with van der Waals surface area (Å²) in [6.45, 7) is 2.22. The number of nitrogens with zero attached hydrogens (tertiary/aromatic N) is 4. The van der Waals surface area contributed by atoms with E-state index in [-0.39, 0.29) is 11.2 Å². The van der Waals surface area contributed by atoms with E-state index in [1.54, 1.807) is 25.2 Å². The van der Waals surface area contributed by atoms with Crippen LogP contribution in [0.2, 0.25) is 10.0 Å². The lowest BCUT2D eigenvalue weighted by molar-refractivity contribution is 0.122. The second kappa shape index (κ2) is 8.54. The fraction of sp³-hybridized carbons (Fsp3) is 0.263. The van der Waals surface area contributed by atoms with E-state index >= 15 is 0 Å². The topological polar surface area (TPSA) is 97.9 Å². The number of hydrogen-bond acceptors (Lipinski definition) is 6. The maximum Gasteiger partial charge on any atom is 0.292 e. The highest BCUT2D eigenvalue weighted by Gasteiger charge is 2.22. The van der Waals surface area contributed by atoms with Crippen molar-refractivity contribution in [1.29, 1.82) is 0 Å². The maximum absolute atomic E-state index is 12.8. The summed E-state index contributed by atoms with van der Waals surface area (Å²) in [6.07, 6.45) is 4.19. The number of rotatable bonds is 5. The Balaban J connectivity index is 1.64. The van der Waals surface area contributed by atoms with Gasteiger partial charge in [-0.3, -0.25) is 9.52 Å². The van der Waals surface area contributed by atoms with Crippen LogP contribution in [0.3, 0.4) is 0 Å². The van der Waals surface area contributed by atoms with Crippen molar-refractivity contribution in [2.75, 3.05) is 35.9 Å². The van der Waals surface area contributed by atoms with E-state index in [2.05, 4.69) is 9.71 Å². The third-order valence-corrected chi connectivity index (χ3v) is 6.51. The molecular weight excluding hydrogens is 465 g/mol. The van der Waals surface area contributed by atoms with Crippen LogP contribution in [-0.4, -0.2) is 48.9 Å². The first-order valence-corrected chi connectivity index (χ1v) is 11.6. The first-order valence-electron chi connectivity index (χ1n) is 9.32. The fourth-order valence-electron chi connectivity index (χ4n) is 3.30. The van der Waals surface area contributed by atoms with Gasteiger partial charge >= 0.3 is 0 Å². The van der Waals surface area contributed by atoms with Gasteiger partial charge in [-0.05, 0) is 18.2 Å². The van der Waals surface area contributed by atoms with Gasteiger partial charge in [-0.1, -0.05) is 29.3 Å². The molecule has 0 unspecified atom stereocenters. The third-order valence-electron chi connectivity index (χ3n) is 4.84. The molecule has 0 aliphatic carbocycles. The molecule has 1 aliphatic rings. The lowest BCUT2D eigenvalue weighted by Gasteiger charge is -2.26. The van der Waals surface area contributed by atoms with Crippen molar-refractivity contribution in [2.24, 2.45) is 7.05 Å². The van der Waals surface area contributed by atoms with Crippen molar-refractivity contribution in [2.45, 2.75) is 0 Å². The van der Waals surface area contributed by atoms with E-state index in [9.17, 15) is 13.2 Å². The van der Waals surface area contributed by atoms with Gasteiger partial charge in [-0.15, -0.1) is 0 Å². The molecular formula is C19H19Cl2N5O4S.